The molecule has 0 heterocycles. The number of hydrogen-bond donors (Lipinski definition) is 1. The third-order valence-corrected chi connectivity index (χ3v) is 6.20. The van der Waals surface area contributed by atoms with Gasteiger partial charge >= 0.3 is 0 Å². The predicted octanol–water partition coefficient (Wildman–Crippen LogP) is 3.58. The Morgan fingerprint density at radius 3 is 2.34 bits per heavy atom. The molecule has 2 aromatic rings. The molecule has 0 saturated carbocycles. The van der Waals surface area contributed by atoms with Gasteiger partial charge < -0.3 is 10.2 Å². The van der Waals surface area contributed by atoms with Gasteiger partial charge in [-0.3, -0.25) is 9.10 Å². The molecule has 2 rings (SSSR count). The van der Waals surface area contributed by atoms with Crippen LogP contribution in [0.25, 0.3) is 0 Å². The molecule has 8 heteroatoms. The van der Waals surface area contributed by atoms with Crippen LogP contribution in [0.5, 0.6) is 0 Å². The van der Waals surface area contributed by atoms with Crippen LogP contribution in [-0.2, 0) is 21.4 Å². The fourth-order valence-corrected chi connectivity index (χ4v) is 4.10. The van der Waals surface area contributed by atoms with Gasteiger partial charge in [0.25, 0.3) is 0 Å². The highest BCUT2D eigenvalue weighted by molar-refractivity contribution is 7.92. The van der Waals surface area contributed by atoms with E-state index in [1.807, 2.05) is 43.3 Å². The third kappa shape index (κ3) is 6.65. The molecule has 0 aliphatic rings. The second kappa shape index (κ2) is 9.98. The lowest BCUT2D eigenvalue weighted by Crippen LogP contribution is -2.32. The largest absolute Gasteiger partial charge is 0.378 e. The first-order valence-corrected chi connectivity index (χ1v) is 11.6. The SMILES string of the molecule is Cc1c(Cl)cccc1N(CCCC(=O)NCc1ccc(N(C)C)cc1)S(C)(=O)=O. The van der Waals surface area contributed by atoms with Gasteiger partial charge in [-0.25, -0.2) is 8.42 Å². The van der Waals surface area contributed by atoms with Gasteiger partial charge in [0.15, 0.2) is 0 Å². The van der Waals surface area contributed by atoms with Crippen molar-refractivity contribution in [1.82, 2.24) is 5.32 Å². The zero-order valence-electron chi connectivity index (χ0n) is 17.3. The Morgan fingerprint density at radius 2 is 1.76 bits per heavy atom. The number of amides is 1. The number of benzene rings is 2. The summed E-state index contributed by atoms with van der Waals surface area (Å²) in [5.74, 6) is -0.113. The van der Waals surface area contributed by atoms with Crippen LogP contribution in [0.15, 0.2) is 42.5 Å². The smallest absolute Gasteiger partial charge is 0.232 e. The highest BCUT2D eigenvalue weighted by atomic mass is 35.5. The van der Waals surface area contributed by atoms with Gasteiger partial charge in [-0.1, -0.05) is 29.8 Å². The van der Waals surface area contributed by atoms with E-state index in [1.165, 1.54) is 4.31 Å². The van der Waals surface area contributed by atoms with Crippen molar-refractivity contribution in [2.24, 2.45) is 0 Å². The fraction of sp³-hybridized carbons (Fsp3) is 0.381. The standard InChI is InChI=1S/C21H28ClN3O3S/c1-16-19(22)7-5-8-20(16)25(29(4,27)28)14-6-9-21(26)23-15-17-10-12-18(13-11-17)24(2)3/h5,7-8,10-13H,6,9,14-15H2,1-4H3,(H,23,26). The summed E-state index contributed by atoms with van der Waals surface area (Å²) in [5, 5.41) is 3.39. The van der Waals surface area contributed by atoms with Crippen LogP contribution in [-0.4, -0.2) is 41.2 Å². The van der Waals surface area contributed by atoms with Gasteiger partial charge in [0.05, 0.1) is 11.9 Å². The van der Waals surface area contributed by atoms with Gasteiger partial charge in [-0.15, -0.1) is 0 Å². The lowest BCUT2D eigenvalue weighted by Gasteiger charge is -2.24. The normalized spacial score (nSPS) is 11.2. The Hall–Kier alpha value is -2.25. The molecular weight excluding hydrogens is 410 g/mol. The van der Waals surface area contributed by atoms with Gasteiger partial charge in [0, 0.05) is 44.3 Å². The lowest BCUT2D eigenvalue weighted by molar-refractivity contribution is -0.121. The molecule has 1 amide bonds. The zero-order valence-corrected chi connectivity index (χ0v) is 18.8. The second-order valence-electron chi connectivity index (χ2n) is 7.16. The minimum Gasteiger partial charge on any atom is -0.378 e. The van der Waals surface area contributed by atoms with Gasteiger partial charge in [-0.05, 0) is 48.7 Å². The average Bonchev–Trinajstić information content (AvgIpc) is 2.65. The number of anilines is 2. The maximum Gasteiger partial charge on any atom is 0.232 e. The minimum atomic E-state index is -3.48. The van der Waals surface area contributed by atoms with Crippen molar-refractivity contribution in [3.05, 3.63) is 58.6 Å². The summed E-state index contributed by atoms with van der Waals surface area (Å²) in [6, 6.07) is 13.1. The van der Waals surface area contributed by atoms with E-state index in [2.05, 4.69) is 5.32 Å². The quantitative estimate of drug-likeness (QED) is 0.651. The molecule has 0 aromatic heterocycles. The van der Waals surface area contributed by atoms with Crippen molar-refractivity contribution in [3.8, 4) is 0 Å². The van der Waals surface area contributed by atoms with E-state index in [9.17, 15) is 13.2 Å². The molecule has 6 nitrogen and oxygen atoms in total. The van der Waals surface area contributed by atoms with Crippen LogP contribution < -0.4 is 14.5 Å². The number of hydrogen-bond acceptors (Lipinski definition) is 4. The molecule has 1 N–H and O–H groups in total. The van der Waals surface area contributed by atoms with E-state index in [1.54, 1.807) is 25.1 Å². The number of rotatable bonds is 9. The summed E-state index contributed by atoms with van der Waals surface area (Å²) in [4.78, 5) is 14.2. The molecule has 0 radical (unpaired) electrons. The molecule has 0 bridgehead atoms. The maximum atomic E-state index is 12.2. The van der Waals surface area contributed by atoms with Crippen LogP contribution in [0.1, 0.15) is 24.0 Å². The Morgan fingerprint density at radius 1 is 1.10 bits per heavy atom. The van der Waals surface area contributed by atoms with Crippen LogP contribution in [0.3, 0.4) is 0 Å². The van der Waals surface area contributed by atoms with Crippen LogP contribution in [0, 0.1) is 6.92 Å². The highest BCUT2D eigenvalue weighted by Crippen LogP contribution is 2.28. The summed E-state index contributed by atoms with van der Waals surface area (Å²) in [7, 11) is 0.465. The van der Waals surface area contributed by atoms with Crippen molar-refractivity contribution >= 4 is 38.9 Å². The van der Waals surface area contributed by atoms with Crippen molar-refractivity contribution in [1.29, 1.82) is 0 Å². The maximum absolute atomic E-state index is 12.2. The van der Waals surface area contributed by atoms with E-state index >= 15 is 0 Å². The van der Waals surface area contributed by atoms with E-state index in [0.717, 1.165) is 17.5 Å². The fourth-order valence-electron chi connectivity index (χ4n) is 2.92. The minimum absolute atomic E-state index is 0.113. The molecule has 0 saturated heterocycles. The van der Waals surface area contributed by atoms with Gasteiger partial charge in [0.2, 0.25) is 15.9 Å². The highest BCUT2D eigenvalue weighted by Gasteiger charge is 2.20. The first-order valence-electron chi connectivity index (χ1n) is 9.35. The predicted molar refractivity (Wildman–Crippen MR) is 120 cm³/mol. The van der Waals surface area contributed by atoms with Crippen molar-refractivity contribution in [2.45, 2.75) is 26.3 Å². The lowest BCUT2D eigenvalue weighted by atomic mass is 10.2. The summed E-state index contributed by atoms with van der Waals surface area (Å²) >= 11 is 6.13. The molecule has 29 heavy (non-hydrogen) atoms. The van der Waals surface area contributed by atoms with E-state index in [-0.39, 0.29) is 18.9 Å². The Balaban J connectivity index is 1.90. The number of carbonyl (C=O) groups is 1. The molecule has 158 valence electrons. The monoisotopic (exact) mass is 437 g/mol. The number of carbonyl (C=O) groups excluding carboxylic acids is 1. The molecular formula is C21H28ClN3O3S. The summed E-state index contributed by atoms with van der Waals surface area (Å²) in [5.41, 5.74) is 3.35. The molecule has 0 fully saturated rings. The van der Waals surface area contributed by atoms with Crippen LogP contribution >= 0.6 is 11.6 Å². The van der Waals surface area contributed by atoms with Crippen LogP contribution in [0.2, 0.25) is 5.02 Å². The van der Waals surface area contributed by atoms with Crippen LogP contribution in [0.4, 0.5) is 11.4 Å². The molecule has 0 aliphatic heterocycles. The zero-order chi connectivity index (χ0) is 21.6. The topological polar surface area (TPSA) is 69.7 Å². The molecule has 0 atom stereocenters. The van der Waals surface area contributed by atoms with Gasteiger partial charge in [-0.2, -0.15) is 0 Å². The number of nitrogens with one attached hydrogen (secondary N) is 1. The van der Waals surface area contributed by atoms with E-state index in [0.29, 0.717) is 29.2 Å². The summed E-state index contributed by atoms with van der Waals surface area (Å²) < 4.78 is 25.8. The van der Waals surface area contributed by atoms with Gasteiger partial charge in [0.1, 0.15) is 0 Å². The first kappa shape index (κ1) is 23.0. The van der Waals surface area contributed by atoms with Crippen molar-refractivity contribution < 1.29 is 13.2 Å². The Labute approximate surface area is 178 Å². The van der Waals surface area contributed by atoms with Crippen molar-refractivity contribution in [2.75, 3.05) is 36.1 Å². The number of halogens is 1. The number of nitrogens with zero attached hydrogens (tertiary/aromatic N) is 2. The second-order valence-corrected chi connectivity index (χ2v) is 9.47. The molecule has 0 spiro atoms. The summed E-state index contributed by atoms with van der Waals surface area (Å²) in [6.45, 7) is 2.44. The number of sulfonamides is 1. The van der Waals surface area contributed by atoms with E-state index < -0.39 is 10.0 Å². The summed E-state index contributed by atoms with van der Waals surface area (Å²) in [6.07, 6.45) is 1.80. The Kier molecular flexibility index (Phi) is 7.93. The first-order chi connectivity index (χ1) is 13.6. The molecule has 0 aliphatic carbocycles. The van der Waals surface area contributed by atoms with Crippen molar-refractivity contribution in [3.63, 3.8) is 0 Å². The molecule has 0 unspecified atom stereocenters. The average molecular weight is 438 g/mol. The van der Waals surface area contributed by atoms with E-state index in [4.69, 9.17) is 11.6 Å². The Bertz CT molecular complexity index is 944. The third-order valence-electron chi connectivity index (χ3n) is 4.62. The molecule has 2 aromatic carbocycles.